The Balaban J connectivity index is 2.30. The van der Waals surface area contributed by atoms with Crippen LogP contribution in [0.25, 0.3) is 0 Å². The van der Waals surface area contributed by atoms with Gasteiger partial charge in [0.25, 0.3) is 5.91 Å². The van der Waals surface area contributed by atoms with Crippen LogP contribution < -0.4 is 5.32 Å². The molecule has 0 saturated heterocycles. The Morgan fingerprint density at radius 1 is 1.26 bits per heavy atom. The fourth-order valence-corrected chi connectivity index (χ4v) is 2.37. The van der Waals surface area contributed by atoms with Gasteiger partial charge in [-0.15, -0.1) is 12.6 Å². The molecule has 0 saturated carbocycles. The third-order valence-corrected chi connectivity index (χ3v) is 3.74. The number of benzene rings is 2. The van der Waals surface area contributed by atoms with Gasteiger partial charge in [-0.2, -0.15) is 0 Å². The Morgan fingerprint density at radius 3 is 2.74 bits per heavy atom. The molecule has 0 aliphatic rings. The molecule has 1 amide bonds. The maximum atomic E-state index is 12.2. The third kappa shape index (κ3) is 3.53. The molecule has 1 N–H and O–H groups in total. The molecule has 2 aromatic carbocycles. The third-order valence-electron chi connectivity index (χ3n) is 2.64. The Labute approximate surface area is 130 Å². The van der Waals surface area contributed by atoms with E-state index in [-0.39, 0.29) is 5.91 Å². The van der Waals surface area contributed by atoms with E-state index in [0.29, 0.717) is 15.5 Å². The van der Waals surface area contributed by atoms with Crippen LogP contribution in [0.4, 0.5) is 5.69 Å². The maximum absolute atomic E-state index is 12.2. The zero-order valence-electron chi connectivity index (χ0n) is 10.1. The van der Waals surface area contributed by atoms with Crippen molar-refractivity contribution >= 4 is 51.8 Å². The number of anilines is 1. The van der Waals surface area contributed by atoms with Crippen molar-refractivity contribution in [3.05, 3.63) is 57.0 Å². The highest BCUT2D eigenvalue weighted by Gasteiger charge is 2.12. The highest BCUT2D eigenvalue weighted by molar-refractivity contribution is 9.10. The summed E-state index contributed by atoms with van der Waals surface area (Å²) in [6, 6.07) is 10.8. The van der Waals surface area contributed by atoms with Crippen LogP contribution in [0.2, 0.25) is 5.02 Å². The van der Waals surface area contributed by atoms with Crippen molar-refractivity contribution in [3.8, 4) is 0 Å². The van der Waals surface area contributed by atoms with E-state index < -0.39 is 0 Å². The monoisotopic (exact) mass is 355 g/mol. The fourth-order valence-electron chi connectivity index (χ4n) is 1.61. The predicted octanol–water partition coefficient (Wildman–Crippen LogP) is 4.95. The number of carbonyl (C=O) groups is 1. The number of halogens is 2. The lowest BCUT2D eigenvalue weighted by Gasteiger charge is -2.10. The molecule has 0 heterocycles. The van der Waals surface area contributed by atoms with Crippen LogP contribution in [0.3, 0.4) is 0 Å². The van der Waals surface area contributed by atoms with Crippen LogP contribution in [-0.2, 0) is 0 Å². The summed E-state index contributed by atoms with van der Waals surface area (Å²) in [7, 11) is 0. The number of hydrogen-bond donors (Lipinski definition) is 2. The quantitative estimate of drug-likeness (QED) is 0.732. The summed E-state index contributed by atoms with van der Waals surface area (Å²) in [5, 5.41) is 3.25. The second-order valence-corrected chi connectivity index (χ2v) is 5.92. The molecule has 19 heavy (non-hydrogen) atoms. The van der Waals surface area contributed by atoms with Crippen LogP contribution in [0.1, 0.15) is 15.9 Å². The number of aryl methyl sites for hydroxylation is 1. The van der Waals surface area contributed by atoms with E-state index in [4.69, 9.17) is 11.6 Å². The van der Waals surface area contributed by atoms with E-state index in [1.54, 1.807) is 18.2 Å². The number of thiol groups is 1. The lowest BCUT2D eigenvalue weighted by atomic mass is 10.1. The normalized spacial score (nSPS) is 10.3. The van der Waals surface area contributed by atoms with Crippen molar-refractivity contribution in [1.82, 2.24) is 0 Å². The zero-order chi connectivity index (χ0) is 14.0. The van der Waals surface area contributed by atoms with Crippen LogP contribution in [0.5, 0.6) is 0 Å². The summed E-state index contributed by atoms with van der Waals surface area (Å²) < 4.78 is 0.905. The summed E-state index contributed by atoms with van der Waals surface area (Å²) in [4.78, 5) is 12.9. The molecule has 0 spiro atoms. The van der Waals surface area contributed by atoms with Gasteiger partial charge < -0.3 is 5.32 Å². The summed E-state index contributed by atoms with van der Waals surface area (Å²) in [6.07, 6.45) is 0. The van der Waals surface area contributed by atoms with Gasteiger partial charge in [0.1, 0.15) is 0 Å². The standard InChI is InChI=1S/C14H11BrClNOS/c1-8-2-3-9(15)6-13(8)17-14(18)11-7-10(19)4-5-12(11)16/h2-7,19H,1H3,(H,17,18). The number of amides is 1. The van der Waals surface area contributed by atoms with Crippen molar-refractivity contribution in [1.29, 1.82) is 0 Å². The smallest absolute Gasteiger partial charge is 0.257 e. The average Bonchev–Trinajstić information content (AvgIpc) is 2.36. The molecule has 98 valence electrons. The van der Waals surface area contributed by atoms with E-state index in [0.717, 1.165) is 15.7 Å². The molecule has 0 aromatic heterocycles. The lowest BCUT2D eigenvalue weighted by molar-refractivity contribution is 0.102. The Kier molecular flexibility index (Phi) is 4.55. The molecule has 2 rings (SSSR count). The molecular weight excluding hydrogens is 346 g/mol. The van der Waals surface area contributed by atoms with Gasteiger partial charge in [-0.1, -0.05) is 33.6 Å². The van der Waals surface area contributed by atoms with E-state index >= 15 is 0 Å². The molecule has 0 unspecified atom stereocenters. The predicted molar refractivity (Wildman–Crippen MR) is 85.5 cm³/mol. The summed E-state index contributed by atoms with van der Waals surface area (Å²) in [6.45, 7) is 1.93. The zero-order valence-corrected chi connectivity index (χ0v) is 13.3. The number of nitrogens with one attached hydrogen (secondary N) is 1. The number of carbonyl (C=O) groups excluding carboxylic acids is 1. The second-order valence-electron chi connectivity index (χ2n) is 4.08. The van der Waals surface area contributed by atoms with Gasteiger partial charge in [0, 0.05) is 15.1 Å². The molecule has 2 nitrogen and oxygen atoms in total. The summed E-state index contributed by atoms with van der Waals surface area (Å²) >= 11 is 13.6. The first-order valence-electron chi connectivity index (χ1n) is 5.53. The minimum absolute atomic E-state index is 0.248. The first kappa shape index (κ1) is 14.4. The van der Waals surface area contributed by atoms with Crippen molar-refractivity contribution in [2.24, 2.45) is 0 Å². The van der Waals surface area contributed by atoms with Gasteiger partial charge >= 0.3 is 0 Å². The topological polar surface area (TPSA) is 29.1 Å². The average molecular weight is 357 g/mol. The van der Waals surface area contributed by atoms with Gasteiger partial charge in [-0.05, 0) is 42.8 Å². The summed E-state index contributed by atoms with van der Waals surface area (Å²) in [5.74, 6) is -0.248. The largest absolute Gasteiger partial charge is 0.322 e. The molecule has 0 aliphatic carbocycles. The Morgan fingerprint density at radius 2 is 2.00 bits per heavy atom. The number of rotatable bonds is 2. The maximum Gasteiger partial charge on any atom is 0.257 e. The second kappa shape index (κ2) is 5.99. The highest BCUT2D eigenvalue weighted by atomic mass is 79.9. The molecule has 0 aliphatic heterocycles. The van der Waals surface area contributed by atoms with E-state index in [2.05, 4.69) is 33.9 Å². The van der Waals surface area contributed by atoms with E-state index in [1.165, 1.54) is 0 Å². The van der Waals surface area contributed by atoms with Crippen LogP contribution in [-0.4, -0.2) is 5.91 Å². The number of hydrogen-bond acceptors (Lipinski definition) is 2. The molecule has 0 bridgehead atoms. The van der Waals surface area contributed by atoms with E-state index in [1.807, 2.05) is 25.1 Å². The van der Waals surface area contributed by atoms with Crippen LogP contribution in [0, 0.1) is 6.92 Å². The molecular formula is C14H11BrClNOS. The van der Waals surface area contributed by atoms with Crippen LogP contribution in [0.15, 0.2) is 45.8 Å². The molecule has 2 aromatic rings. The molecule has 5 heteroatoms. The lowest BCUT2D eigenvalue weighted by Crippen LogP contribution is -2.13. The van der Waals surface area contributed by atoms with Gasteiger partial charge in [-0.25, -0.2) is 0 Å². The first-order valence-corrected chi connectivity index (χ1v) is 7.15. The Bertz CT molecular complexity index is 645. The van der Waals surface area contributed by atoms with Gasteiger partial charge in [0.2, 0.25) is 0 Å². The van der Waals surface area contributed by atoms with Crippen molar-refractivity contribution in [2.45, 2.75) is 11.8 Å². The molecule has 0 fully saturated rings. The minimum atomic E-state index is -0.248. The van der Waals surface area contributed by atoms with Gasteiger partial charge in [0.05, 0.1) is 10.6 Å². The van der Waals surface area contributed by atoms with Crippen molar-refractivity contribution in [2.75, 3.05) is 5.32 Å². The highest BCUT2D eigenvalue weighted by Crippen LogP contribution is 2.24. The van der Waals surface area contributed by atoms with Crippen molar-refractivity contribution in [3.63, 3.8) is 0 Å². The summed E-state index contributed by atoms with van der Waals surface area (Å²) in [5.41, 5.74) is 2.14. The molecule has 0 atom stereocenters. The molecule has 0 radical (unpaired) electrons. The van der Waals surface area contributed by atoms with Crippen LogP contribution >= 0.6 is 40.2 Å². The fraction of sp³-hybridized carbons (Fsp3) is 0.0714. The van der Waals surface area contributed by atoms with Gasteiger partial charge in [-0.3, -0.25) is 4.79 Å². The minimum Gasteiger partial charge on any atom is -0.322 e. The van der Waals surface area contributed by atoms with Gasteiger partial charge in [0.15, 0.2) is 0 Å². The SMILES string of the molecule is Cc1ccc(Br)cc1NC(=O)c1cc(S)ccc1Cl. The van der Waals surface area contributed by atoms with Crippen molar-refractivity contribution < 1.29 is 4.79 Å². The first-order chi connectivity index (χ1) is 8.97. The Hall–Kier alpha value is -0.970. The van der Waals surface area contributed by atoms with E-state index in [9.17, 15) is 4.79 Å².